The van der Waals surface area contributed by atoms with Crippen LogP contribution >= 0.6 is 0 Å². The van der Waals surface area contributed by atoms with Gasteiger partial charge in [0.25, 0.3) is 0 Å². The zero-order valence-electron chi connectivity index (χ0n) is 13.0. The van der Waals surface area contributed by atoms with Crippen LogP contribution in [0.15, 0.2) is 48.9 Å². The summed E-state index contributed by atoms with van der Waals surface area (Å²) in [6.45, 7) is 0.0956. The van der Waals surface area contributed by atoms with Crippen molar-refractivity contribution in [3.05, 3.63) is 71.8 Å². The summed E-state index contributed by atoms with van der Waals surface area (Å²) in [6.07, 6.45) is 4.95. The predicted molar refractivity (Wildman–Crippen MR) is 84.6 cm³/mol. The highest BCUT2D eigenvalue weighted by Crippen LogP contribution is 2.09. The van der Waals surface area contributed by atoms with E-state index < -0.39 is 17.7 Å². The Labute approximate surface area is 141 Å². The van der Waals surface area contributed by atoms with E-state index in [4.69, 9.17) is 0 Å². The Morgan fingerprint density at radius 3 is 2.76 bits per heavy atom. The second kappa shape index (κ2) is 7.47. The van der Waals surface area contributed by atoms with E-state index in [2.05, 4.69) is 25.9 Å². The highest BCUT2D eigenvalue weighted by atomic mass is 19.1. The van der Waals surface area contributed by atoms with E-state index in [1.54, 1.807) is 24.7 Å². The lowest BCUT2D eigenvalue weighted by atomic mass is 10.2. The van der Waals surface area contributed by atoms with E-state index in [1.165, 1.54) is 10.7 Å². The van der Waals surface area contributed by atoms with Gasteiger partial charge >= 0.3 is 6.03 Å². The first-order chi connectivity index (χ1) is 12.1. The Morgan fingerprint density at radius 2 is 2.00 bits per heavy atom. The number of halogens is 2. The van der Waals surface area contributed by atoms with Crippen LogP contribution in [0.5, 0.6) is 0 Å². The third-order valence-corrected chi connectivity index (χ3v) is 3.34. The standard InChI is InChI=1S/C16H14F2N6O/c17-12-4-3-11(15(18)6-12)7-20-16(25)21-8-13-10-24(23-22-13)14-2-1-5-19-9-14/h1-6,9-10H,7-8H2,(H2,20,21,25). The van der Waals surface area contributed by atoms with Crippen molar-refractivity contribution in [2.75, 3.05) is 0 Å². The number of pyridine rings is 1. The summed E-state index contributed by atoms with van der Waals surface area (Å²) in [5.74, 6) is -1.37. The lowest BCUT2D eigenvalue weighted by Gasteiger charge is -2.07. The third-order valence-electron chi connectivity index (χ3n) is 3.34. The Morgan fingerprint density at radius 1 is 1.16 bits per heavy atom. The van der Waals surface area contributed by atoms with Crippen LogP contribution in [0.25, 0.3) is 5.69 Å². The zero-order chi connectivity index (χ0) is 17.6. The maximum atomic E-state index is 13.5. The topological polar surface area (TPSA) is 84.7 Å². The summed E-state index contributed by atoms with van der Waals surface area (Å²) in [6, 6.07) is 6.28. The first-order valence-corrected chi connectivity index (χ1v) is 7.39. The number of hydrogen-bond acceptors (Lipinski definition) is 4. The molecule has 2 aromatic heterocycles. The van der Waals surface area contributed by atoms with Gasteiger partial charge in [-0.15, -0.1) is 5.10 Å². The van der Waals surface area contributed by atoms with E-state index in [0.29, 0.717) is 5.69 Å². The third kappa shape index (κ3) is 4.34. The average molecular weight is 344 g/mol. The number of nitrogens with zero attached hydrogens (tertiary/aromatic N) is 4. The van der Waals surface area contributed by atoms with Crippen molar-refractivity contribution < 1.29 is 13.6 Å². The number of amides is 2. The molecular formula is C16H14F2N6O. The molecule has 128 valence electrons. The zero-order valence-corrected chi connectivity index (χ0v) is 13.0. The van der Waals surface area contributed by atoms with Crippen molar-refractivity contribution in [2.45, 2.75) is 13.1 Å². The molecule has 0 saturated heterocycles. The van der Waals surface area contributed by atoms with Crippen LogP contribution in [-0.4, -0.2) is 26.0 Å². The van der Waals surface area contributed by atoms with Crippen molar-refractivity contribution in [3.63, 3.8) is 0 Å². The van der Waals surface area contributed by atoms with Crippen molar-refractivity contribution in [1.29, 1.82) is 0 Å². The largest absolute Gasteiger partial charge is 0.334 e. The highest BCUT2D eigenvalue weighted by Gasteiger charge is 2.08. The molecule has 0 radical (unpaired) electrons. The first kappa shape index (κ1) is 16.5. The number of benzene rings is 1. The quantitative estimate of drug-likeness (QED) is 0.741. The van der Waals surface area contributed by atoms with Crippen LogP contribution in [0.3, 0.4) is 0 Å². The molecule has 2 N–H and O–H groups in total. The Kier molecular flexibility index (Phi) is 4.93. The smallest absolute Gasteiger partial charge is 0.315 e. The molecule has 3 aromatic rings. The van der Waals surface area contributed by atoms with Crippen LogP contribution in [-0.2, 0) is 13.1 Å². The molecule has 0 fully saturated rings. The van der Waals surface area contributed by atoms with Gasteiger partial charge in [-0.2, -0.15) is 0 Å². The van der Waals surface area contributed by atoms with E-state index >= 15 is 0 Å². The number of hydrogen-bond donors (Lipinski definition) is 2. The molecule has 2 amide bonds. The fourth-order valence-electron chi connectivity index (χ4n) is 2.07. The van der Waals surface area contributed by atoms with Gasteiger partial charge in [-0.25, -0.2) is 18.3 Å². The van der Waals surface area contributed by atoms with Crippen LogP contribution in [0.1, 0.15) is 11.3 Å². The van der Waals surface area contributed by atoms with Gasteiger partial charge in [-0.3, -0.25) is 4.98 Å². The van der Waals surface area contributed by atoms with Crippen LogP contribution in [0.2, 0.25) is 0 Å². The van der Waals surface area contributed by atoms with Crippen LogP contribution in [0.4, 0.5) is 13.6 Å². The fraction of sp³-hybridized carbons (Fsp3) is 0.125. The summed E-state index contributed by atoms with van der Waals surface area (Å²) in [5, 5.41) is 13.0. The molecule has 0 atom stereocenters. The summed E-state index contributed by atoms with van der Waals surface area (Å²) < 4.78 is 27.8. The molecule has 3 rings (SSSR count). The Hall–Kier alpha value is -3.36. The van der Waals surface area contributed by atoms with Gasteiger partial charge in [0.1, 0.15) is 17.3 Å². The van der Waals surface area contributed by atoms with Gasteiger partial charge in [-0.05, 0) is 18.2 Å². The molecule has 0 aliphatic carbocycles. The highest BCUT2D eigenvalue weighted by molar-refractivity contribution is 5.73. The minimum absolute atomic E-state index is 0.0552. The van der Waals surface area contributed by atoms with Crippen molar-refractivity contribution in [3.8, 4) is 5.69 Å². The molecule has 0 bridgehead atoms. The number of carbonyl (C=O) groups is 1. The molecule has 0 saturated carbocycles. The molecule has 2 heterocycles. The Balaban J connectivity index is 1.50. The van der Waals surface area contributed by atoms with E-state index in [9.17, 15) is 13.6 Å². The minimum atomic E-state index is -0.709. The van der Waals surface area contributed by atoms with Crippen molar-refractivity contribution in [1.82, 2.24) is 30.6 Å². The summed E-state index contributed by atoms with van der Waals surface area (Å²) in [5.41, 5.74) is 1.49. The molecule has 0 spiro atoms. The molecule has 1 aromatic carbocycles. The van der Waals surface area contributed by atoms with Crippen LogP contribution < -0.4 is 10.6 Å². The molecular weight excluding hydrogens is 330 g/mol. The second-order valence-electron chi connectivity index (χ2n) is 5.14. The normalized spacial score (nSPS) is 10.5. The van der Waals surface area contributed by atoms with Gasteiger partial charge < -0.3 is 10.6 Å². The lowest BCUT2D eigenvalue weighted by Crippen LogP contribution is -2.34. The van der Waals surface area contributed by atoms with Crippen LogP contribution in [0, 0.1) is 11.6 Å². The Bertz CT molecular complexity index is 868. The molecule has 0 unspecified atom stereocenters. The van der Waals surface area contributed by atoms with E-state index in [0.717, 1.165) is 17.8 Å². The summed E-state index contributed by atoms with van der Waals surface area (Å²) >= 11 is 0. The molecule has 0 aliphatic rings. The van der Waals surface area contributed by atoms with E-state index in [1.807, 2.05) is 6.07 Å². The van der Waals surface area contributed by atoms with Gasteiger partial charge in [0.05, 0.1) is 24.6 Å². The number of carbonyl (C=O) groups excluding carboxylic acids is 1. The monoisotopic (exact) mass is 344 g/mol. The molecule has 7 nitrogen and oxygen atoms in total. The van der Waals surface area contributed by atoms with Crippen molar-refractivity contribution in [2.24, 2.45) is 0 Å². The molecule has 0 aliphatic heterocycles. The maximum Gasteiger partial charge on any atom is 0.315 e. The van der Waals surface area contributed by atoms with E-state index in [-0.39, 0.29) is 18.7 Å². The number of aromatic nitrogens is 4. The average Bonchev–Trinajstić information content (AvgIpc) is 3.09. The van der Waals surface area contributed by atoms with Gasteiger partial charge in [0.15, 0.2) is 0 Å². The fourth-order valence-corrected chi connectivity index (χ4v) is 2.07. The van der Waals surface area contributed by atoms with Gasteiger partial charge in [-0.1, -0.05) is 11.3 Å². The van der Waals surface area contributed by atoms with Crippen molar-refractivity contribution >= 4 is 6.03 Å². The predicted octanol–water partition coefficient (Wildman–Crippen LogP) is 1.94. The maximum absolute atomic E-state index is 13.5. The molecule has 9 heteroatoms. The number of rotatable bonds is 5. The summed E-state index contributed by atoms with van der Waals surface area (Å²) in [4.78, 5) is 15.7. The summed E-state index contributed by atoms with van der Waals surface area (Å²) in [7, 11) is 0. The second-order valence-corrected chi connectivity index (χ2v) is 5.14. The number of nitrogens with one attached hydrogen (secondary N) is 2. The first-order valence-electron chi connectivity index (χ1n) is 7.39. The number of urea groups is 1. The SMILES string of the molecule is O=C(NCc1cn(-c2cccnc2)nn1)NCc1ccc(F)cc1F. The van der Waals surface area contributed by atoms with Gasteiger partial charge in [0.2, 0.25) is 0 Å². The van der Waals surface area contributed by atoms with Gasteiger partial charge in [0, 0.05) is 24.4 Å². The molecule has 25 heavy (non-hydrogen) atoms. The lowest BCUT2D eigenvalue weighted by molar-refractivity contribution is 0.240. The minimum Gasteiger partial charge on any atom is -0.334 e.